The molecule has 0 aromatic heterocycles. The van der Waals surface area contributed by atoms with Crippen molar-refractivity contribution in [1.29, 1.82) is 0 Å². The molecule has 1 saturated carbocycles. The van der Waals surface area contributed by atoms with Gasteiger partial charge in [0.05, 0.1) is 0 Å². The van der Waals surface area contributed by atoms with Crippen LogP contribution in [0.4, 0.5) is 16.2 Å². The number of urea groups is 1. The van der Waals surface area contributed by atoms with Crippen LogP contribution in [0.5, 0.6) is 0 Å². The number of benzene rings is 1. The Morgan fingerprint density at radius 3 is 2.33 bits per heavy atom. The summed E-state index contributed by atoms with van der Waals surface area (Å²) in [6.07, 6.45) is 6.16. The van der Waals surface area contributed by atoms with Crippen molar-refractivity contribution in [1.82, 2.24) is 10.2 Å². The van der Waals surface area contributed by atoms with Crippen LogP contribution >= 0.6 is 0 Å². The molecule has 0 spiro atoms. The highest BCUT2D eigenvalue weighted by atomic mass is 16.2. The number of rotatable bonds is 7. The number of carbonyl (C=O) groups is 2. The summed E-state index contributed by atoms with van der Waals surface area (Å²) in [6.45, 7) is 9.27. The van der Waals surface area contributed by atoms with Gasteiger partial charge in [0.15, 0.2) is 0 Å². The highest BCUT2D eigenvalue weighted by Crippen LogP contribution is 2.29. The van der Waals surface area contributed by atoms with E-state index >= 15 is 0 Å². The number of nitrogens with zero attached hydrogens (tertiary/aromatic N) is 2. The zero-order valence-electron chi connectivity index (χ0n) is 19.7. The summed E-state index contributed by atoms with van der Waals surface area (Å²) in [5, 5.41) is 6.02. The number of hydrogen-bond acceptors (Lipinski definition) is 3. The predicted octanol–water partition coefficient (Wildman–Crippen LogP) is 4.99. The van der Waals surface area contributed by atoms with Crippen LogP contribution in [-0.2, 0) is 11.3 Å². The van der Waals surface area contributed by atoms with E-state index in [-0.39, 0.29) is 23.4 Å². The third-order valence-electron chi connectivity index (χ3n) is 5.48. The second-order valence-corrected chi connectivity index (χ2v) is 9.78. The van der Waals surface area contributed by atoms with Gasteiger partial charge < -0.3 is 20.4 Å². The first-order valence-electron chi connectivity index (χ1n) is 11.3. The monoisotopic (exact) mass is 416 g/mol. The van der Waals surface area contributed by atoms with Gasteiger partial charge in [-0.05, 0) is 48.9 Å². The third kappa shape index (κ3) is 7.22. The molecule has 0 aliphatic heterocycles. The van der Waals surface area contributed by atoms with Crippen LogP contribution in [0.2, 0.25) is 0 Å². The molecule has 168 valence electrons. The Hall–Kier alpha value is -2.24. The molecular formula is C24H40N4O2. The van der Waals surface area contributed by atoms with Gasteiger partial charge in [0.2, 0.25) is 5.91 Å². The molecular weight excluding hydrogens is 376 g/mol. The maximum absolute atomic E-state index is 12.9. The molecule has 2 N–H and O–H groups in total. The van der Waals surface area contributed by atoms with E-state index < -0.39 is 0 Å². The molecule has 1 fully saturated rings. The normalized spacial score (nSPS) is 14.9. The Morgan fingerprint density at radius 1 is 1.10 bits per heavy atom. The molecule has 1 aliphatic carbocycles. The predicted molar refractivity (Wildman–Crippen MR) is 125 cm³/mol. The average Bonchev–Trinajstić information content (AvgIpc) is 2.65. The van der Waals surface area contributed by atoms with E-state index in [2.05, 4.69) is 36.3 Å². The highest BCUT2D eigenvalue weighted by molar-refractivity contribution is 5.91. The number of carbonyl (C=O) groups excluding carboxylic acids is 2. The largest absolute Gasteiger partial charge is 0.377 e. The van der Waals surface area contributed by atoms with Crippen molar-refractivity contribution in [2.24, 2.45) is 5.41 Å². The van der Waals surface area contributed by atoms with Gasteiger partial charge in [0.1, 0.15) is 0 Å². The van der Waals surface area contributed by atoms with Crippen LogP contribution in [0, 0.1) is 5.41 Å². The second kappa shape index (κ2) is 10.7. The lowest BCUT2D eigenvalue weighted by molar-refractivity contribution is -0.117. The minimum atomic E-state index is -0.0630. The van der Waals surface area contributed by atoms with Gasteiger partial charge in [-0.25, -0.2) is 4.79 Å². The molecule has 2 rings (SSSR count). The smallest absolute Gasteiger partial charge is 0.317 e. The minimum absolute atomic E-state index is 0.00345. The van der Waals surface area contributed by atoms with E-state index in [0.29, 0.717) is 19.5 Å². The molecule has 3 amide bonds. The summed E-state index contributed by atoms with van der Waals surface area (Å²) in [4.78, 5) is 29.4. The maximum Gasteiger partial charge on any atom is 0.317 e. The molecule has 0 saturated heterocycles. The van der Waals surface area contributed by atoms with Gasteiger partial charge in [-0.2, -0.15) is 0 Å². The van der Waals surface area contributed by atoms with Crippen LogP contribution in [-0.4, -0.2) is 43.5 Å². The van der Waals surface area contributed by atoms with Crippen molar-refractivity contribution in [3.05, 3.63) is 23.8 Å². The van der Waals surface area contributed by atoms with Crippen LogP contribution in [0.1, 0.15) is 71.8 Å². The molecule has 0 heterocycles. The topological polar surface area (TPSA) is 64.7 Å². The zero-order valence-corrected chi connectivity index (χ0v) is 19.7. The summed E-state index contributed by atoms with van der Waals surface area (Å²) in [7, 11) is 4.02. The molecule has 6 heteroatoms. The SMILES string of the molecule is CCNC(=O)N(Cc1cc(NC(=O)CC(C)(C)C)ccc1N(C)C)C1CCCCC1. The van der Waals surface area contributed by atoms with E-state index in [1.807, 2.05) is 44.1 Å². The Morgan fingerprint density at radius 2 is 1.77 bits per heavy atom. The van der Waals surface area contributed by atoms with E-state index in [4.69, 9.17) is 0 Å². The summed E-state index contributed by atoms with van der Waals surface area (Å²) >= 11 is 0. The summed E-state index contributed by atoms with van der Waals surface area (Å²) < 4.78 is 0. The first-order chi connectivity index (χ1) is 14.1. The highest BCUT2D eigenvalue weighted by Gasteiger charge is 2.26. The summed E-state index contributed by atoms with van der Waals surface area (Å²) in [5.41, 5.74) is 2.83. The lowest BCUT2D eigenvalue weighted by atomic mass is 9.92. The van der Waals surface area contributed by atoms with Crippen molar-refractivity contribution in [3.8, 4) is 0 Å². The molecule has 1 aromatic carbocycles. The Bertz CT molecular complexity index is 718. The fourth-order valence-corrected chi connectivity index (χ4v) is 4.11. The molecule has 0 bridgehead atoms. The lowest BCUT2D eigenvalue weighted by Crippen LogP contribution is -2.46. The van der Waals surface area contributed by atoms with Crippen LogP contribution in [0.15, 0.2) is 18.2 Å². The molecule has 1 aromatic rings. The van der Waals surface area contributed by atoms with Crippen LogP contribution < -0.4 is 15.5 Å². The number of hydrogen-bond donors (Lipinski definition) is 2. The van der Waals surface area contributed by atoms with Gasteiger partial charge in [0.25, 0.3) is 0 Å². The lowest BCUT2D eigenvalue weighted by Gasteiger charge is -2.35. The van der Waals surface area contributed by atoms with Crippen molar-refractivity contribution >= 4 is 23.3 Å². The summed E-state index contributed by atoms with van der Waals surface area (Å²) in [6, 6.07) is 6.25. The Labute approximate surface area is 182 Å². The van der Waals surface area contributed by atoms with Gasteiger partial charge in [-0.1, -0.05) is 40.0 Å². The van der Waals surface area contributed by atoms with Gasteiger partial charge in [0, 0.05) is 51.0 Å². The molecule has 6 nitrogen and oxygen atoms in total. The van der Waals surface area contributed by atoms with Crippen molar-refractivity contribution in [3.63, 3.8) is 0 Å². The second-order valence-electron chi connectivity index (χ2n) is 9.78. The van der Waals surface area contributed by atoms with Gasteiger partial charge in [-0.15, -0.1) is 0 Å². The van der Waals surface area contributed by atoms with Crippen molar-refractivity contribution < 1.29 is 9.59 Å². The fourth-order valence-electron chi connectivity index (χ4n) is 4.11. The first-order valence-corrected chi connectivity index (χ1v) is 11.3. The van der Waals surface area contributed by atoms with Crippen LogP contribution in [0.25, 0.3) is 0 Å². The third-order valence-corrected chi connectivity index (χ3v) is 5.48. The molecule has 0 radical (unpaired) electrons. The van der Waals surface area contributed by atoms with Gasteiger partial charge in [-0.3, -0.25) is 4.79 Å². The molecule has 30 heavy (non-hydrogen) atoms. The molecule has 0 unspecified atom stereocenters. The van der Waals surface area contributed by atoms with Gasteiger partial charge >= 0.3 is 6.03 Å². The van der Waals surface area contributed by atoms with E-state index in [1.54, 1.807) is 0 Å². The average molecular weight is 417 g/mol. The van der Waals surface area contributed by atoms with E-state index in [9.17, 15) is 9.59 Å². The zero-order chi connectivity index (χ0) is 22.3. The minimum Gasteiger partial charge on any atom is -0.377 e. The maximum atomic E-state index is 12.9. The summed E-state index contributed by atoms with van der Waals surface area (Å²) in [5.74, 6) is 0.0129. The number of amides is 3. The number of nitrogens with one attached hydrogen (secondary N) is 2. The fraction of sp³-hybridized carbons (Fsp3) is 0.667. The molecule has 0 atom stereocenters. The van der Waals surface area contributed by atoms with E-state index in [1.165, 1.54) is 19.3 Å². The first kappa shape index (κ1) is 24.0. The molecule has 1 aliphatic rings. The standard InChI is InChI=1S/C24H40N4O2/c1-7-25-23(30)28(20-11-9-8-10-12-20)17-18-15-19(13-14-21(18)27(5)6)26-22(29)16-24(2,3)4/h13-15,20H,7-12,16-17H2,1-6H3,(H,25,30)(H,26,29). The number of anilines is 2. The van der Waals surface area contributed by atoms with Crippen LogP contribution in [0.3, 0.4) is 0 Å². The van der Waals surface area contributed by atoms with Crippen molar-refractivity contribution in [2.45, 2.75) is 78.8 Å². The Kier molecular flexibility index (Phi) is 8.56. The quantitative estimate of drug-likeness (QED) is 0.658. The van der Waals surface area contributed by atoms with E-state index in [0.717, 1.165) is 29.8 Å². The van der Waals surface area contributed by atoms with Crippen molar-refractivity contribution in [2.75, 3.05) is 30.9 Å². The Balaban J connectivity index is 2.28.